The summed E-state index contributed by atoms with van der Waals surface area (Å²) in [6.45, 7) is 0.290. The maximum atomic E-state index is 14.8. The minimum atomic E-state index is -4.20. The van der Waals surface area contributed by atoms with Crippen molar-refractivity contribution in [3.63, 3.8) is 0 Å². The predicted octanol–water partition coefficient (Wildman–Crippen LogP) is 4.83. The molecule has 1 aromatic heterocycles. The van der Waals surface area contributed by atoms with Crippen LogP contribution in [0.4, 0.5) is 23.4 Å². The standard InChI is InChI=1S/C27H26F4N4O2/c28-24-22(14-23(25(32)34-24)17-3-6-21-18(13-17)7-10-33-26(21)36)16-1-4-19(5-2-16)37-20-8-11-35(12-9-20)15-27(29,30)31/h1-6,13-14,20H,7-12,15H2,(H2,32,34)(H,33,36). The van der Waals surface area contributed by atoms with E-state index in [9.17, 15) is 22.4 Å². The zero-order chi connectivity index (χ0) is 26.2. The summed E-state index contributed by atoms with van der Waals surface area (Å²) in [7, 11) is 0. The first-order chi connectivity index (χ1) is 17.7. The zero-order valence-corrected chi connectivity index (χ0v) is 19.9. The molecule has 2 aromatic carbocycles. The number of piperidine rings is 1. The third-order valence-electron chi connectivity index (χ3n) is 6.75. The number of halogens is 4. The molecular formula is C27H26F4N4O2. The average molecular weight is 515 g/mol. The molecule has 6 nitrogen and oxygen atoms in total. The van der Waals surface area contributed by atoms with Crippen molar-refractivity contribution in [1.29, 1.82) is 0 Å². The van der Waals surface area contributed by atoms with Crippen LogP contribution >= 0.6 is 0 Å². The van der Waals surface area contributed by atoms with Crippen molar-refractivity contribution < 1.29 is 27.1 Å². The molecule has 10 heteroatoms. The molecule has 2 aliphatic rings. The number of fused-ring (bicyclic) bond motifs is 1. The number of hydrogen-bond acceptors (Lipinski definition) is 5. The first-order valence-corrected chi connectivity index (χ1v) is 12.1. The van der Waals surface area contributed by atoms with Crippen LogP contribution in [0.5, 0.6) is 5.75 Å². The number of carbonyl (C=O) groups excluding carboxylic acids is 1. The van der Waals surface area contributed by atoms with Crippen LogP contribution in [-0.4, -0.2) is 54.3 Å². The molecule has 5 rings (SSSR count). The van der Waals surface area contributed by atoms with Gasteiger partial charge in [0.25, 0.3) is 5.91 Å². The number of nitrogens with zero attached hydrogens (tertiary/aromatic N) is 2. The average Bonchev–Trinajstić information content (AvgIpc) is 2.85. The molecule has 0 bridgehead atoms. The SMILES string of the molecule is Nc1nc(F)c(-c2ccc(OC3CCN(CC(F)(F)F)CC3)cc2)cc1-c1ccc2c(c1)CCNC2=O. The molecule has 3 heterocycles. The highest BCUT2D eigenvalue weighted by Gasteiger charge is 2.33. The van der Waals surface area contributed by atoms with Crippen LogP contribution in [0.15, 0.2) is 48.5 Å². The molecule has 194 valence electrons. The fraction of sp³-hybridized carbons (Fsp3) is 0.333. The number of amides is 1. The number of nitrogens with two attached hydrogens (primary N) is 1. The van der Waals surface area contributed by atoms with Crippen LogP contribution in [0.2, 0.25) is 0 Å². The Kier molecular flexibility index (Phi) is 6.76. The summed E-state index contributed by atoms with van der Waals surface area (Å²) in [6.07, 6.45) is -2.69. The highest BCUT2D eigenvalue weighted by atomic mass is 19.4. The van der Waals surface area contributed by atoms with Crippen molar-refractivity contribution in [2.24, 2.45) is 0 Å². The molecule has 37 heavy (non-hydrogen) atoms. The van der Waals surface area contributed by atoms with E-state index in [1.165, 1.54) is 4.90 Å². The van der Waals surface area contributed by atoms with Crippen LogP contribution in [0.3, 0.4) is 0 Å². The van der Waals surface area contributed by atoms with Crippen LogP contribution in [0, 0.1) is 5.95 Å². The molecule has 3 N–H and O–H groups in total. The zero-order valence-electron chi connectivity index (χ0n) is 19.9. The number of nitrogens with one attached hydrogen (secondary N) is 1. The second-order valence-corrected chi connectivity index (χ2v) is 9.37. The number of carbonyl (C=O) groups is 1. The third-order valence-corrected chi connectivity index (χ3v) is 6.75. The van der Waals surface area contributed by atoms with Crippen molar-refractivity contribution in [2.45, 2.75) is 31.5 Å². The lowest BCUT2D eigenvalue weighted by molar-refractivity contribution is -0.149. The maximum Gasteiger partial charge on any atom is 0.401 e. The van der Waals surface area contributed by atoms with Gasteiger partial charge in [0.15, 0.2) is 0 Å². The maximum absolute atomic E-state index is 14.8. The minimum absolute atomic E-state index is 0.0540. The Morgan fingerprint density at radius 2 is 1.70 bits per heavy atom. The lowest BCUT2D eigenvalue weighted by Crippen LogP contribution is -2.42. The van der Waals surface area contributed by atoms with E-state index in [-0.39, 0.29) is 23.4 Å². The summed E-state index contributed by atoms with van der Waals surface area (Å²) in [5.74, 6) is -0.203. The number of nitrogen functional groups attached to an aromatic ring is 1. The van der Waals surface area contributed by atoms with E-state index < -0.39 is 18.7 Å². The Morgan fingerprint density at radius 1 is 1.00 bits per heavy atom. The van der Waals surface area contributed by atoms with Gasteiger partial charge in [-0.3, -0.25) is 9.69 Å². The summed E-state index contributed by atoms with van der Waals surface area (Å²) >= 11 is 0. The van der Waals surface area contributed by atoms with E-state index in [1.807, 2.05) is 6.07 Å². The fourth-order valence-corrected chi connectivity index (χ4v) is 4.88. The molecule has 3 aromatic rings. The first-order valence-electron chi connectivity index (χ1n) is 12.1. The summed E-state index contributed by atoms with van der Waals surface area (Å²) in [5, 5.41) is 2.81. The molecule has 1 amide bonds. The Bertz CT molecular complexity index is 1300. The van der Waals surface area contributed by atoms with E-state index in [0.717, 1.165) is 11.1 Å². The Morgan fingerprint density at radius 3 is 2.41 bits per heavy atom. The molecule has 0 atom stereocenters. The second kappa shape index (κ2) is 10.0. The number of aromatic nitrogens is 1. The molecule has 0 unspecified atom stereocenters. The van der Waals surface area contributed by atoms with Gasteiger partial charge in [-0.2, -0.15) is 17.6 Å². The summed E-state index contributed by atoms with van der Waals surface area (Å²) < 4.78 is 58.6. The van der Waals surface area contributed by atoms with Gasteiger partial charge in [0, 0.05) is 36.3 Å². The number of hydrogen-bond donors (Lipinski definition) is 2. The van der Waals surface area contributed by atoms with Gasteiger partial charge < -0.3 is 15.8 Å². The van der Waals surface area contributed by atoms with Gasteiger partial charge in [-0.1, -0.05) is 24.3 Å². The van der Waals surface area contributed by atoms with Gasteiger partial charge in [0.1, 0.15) is 17.7 Å². The molecular weight excluding hydrogens is 488 g/mol. The number of anilines is 1. The minimum Gasteiger partial charge on any atom is -0.490 e. The van der Waals surface area contributed by atoms with Gasteiger partial charge in [0.2, 0.25) is 5.95 Å². The van der Waals surface area contributed by atoms with E-state index in [2.05, 4.69) is 10.3 Å². The molecule has 0 saturated carbocycles. The number of likely N-dealkylation sites (tertiary alicyclic amines) is 1. The Balaban J connectivity index is 1.31. The first kappa shape index (κ1) is 25.0. The lowest BCUT2D eigenvalue weighted by atomic mass is 9.94. The van der Waals surface area contributed by atoms with E-state index in [1.54, 1.807) is 42.5 Å². The molecule has 1 fully saturated rings. The molecule has 1 saturated heterocycles. The van der Waals surface area contributed by atoms with E-state index in [4.69, 9.17) is 10.5 Å². The molecule has 2 aliphatic heterocycles. The summed E-state index contributed by atoms with van der Waals surface area (Å²) in [5.41, 5.74) is 9.74. The van der Waals surface area contributed by atoms with E-state index >= 15 is 0 Å². The number of ether oxygens (including phenoxy) is 1. The highest BCUT2D eigenvalue weighted by Crippen LogP contribution is 2.34. The van der Waals surface area contributed by atoms with Crippen molar-refractivity contribution in [3.05, 3.63) is 65.6 Å². The highest BCUT2D eigenvalue weighted by molar-refractivity contribution is 5.97. The number of pyridine rings is 1. The quantitative estimate of drug-likeness (QED) is 0.377. The topological polar surface area (TPSA) is 80.5 Å². The normalized spacial score (nSPS) is 16.8. The lowest BCUT2D eigenvalue weighted by Gasteiger charge is -2.32. The van der Waals surface area contributed by atoms with Gasteiger partial charge in [-0.25, -0.2) is 4.98 Å². The fourth-order valence-electron chi connectivity index (χ4n) is 4.88. The van der Waals surface area contributed by atoms with Gasteiger partial charge in [0.05, 0.1) is 6.54 Å². The van der Waals surface area contributed by atoms with Gasteiger partial charge in [-0.05, 0) is 60.2 Å². The predicted molar refractivity (Wildman–Crippen MR) is 132 cm³/mol. The summed E-state index contributed by atoms with van der Waals surface area (Å²) in [4.78, 5) is 17.4. The van der Waals surface area contributed by atoms with Crippen LogP contribution in [0.25, 0.3) is 22.3 Å². The number of rotatable bonds is 5. The van der Waals surface area contributed by atoms with Crippen molar-refractivity contribution >= 4 is 11.7 Å². The van der Waals surface area contributed by atoms with Crippen molar-refractivity contribution in [1.82, 2.24) is 15.2 Å². The number of alkyl halides is 3. The summed E-state index contributed by atoms with van der Waals surface area (Å²) in [6, 6.07) is 13.9. The molecule has 0 spiro atoms. The molecule has 0 radical (unpaired) electrons. The van der Waals surface area contributed by atoms with E-state index in [0.29, 0.717) is 61.3 Å². The number of benzene rings is 2. The Labute approximate surface area is 211 Å². The van der Waals surface area contributed by atoms with Crippen LogP contribution in [0.1, 0.15) is 28.8 Å². The van der Waals surface area contributed by atoms with Gasteiger partial charge >= 0.3 is 6.18 Å². The smallest absolute Gasteiger partial charge is 0.401 e. The van der Waals surface area contributed by atoms with Gasteiger partial charge in [-0.15, -0.1) is 0 Å². The van der Waals surface area contributed by atoms with Crippen molar-refractivity contribution in [2.75, 3.05) is 31.9 Å². The van der Waals surface area contributed by atoms with Crippen molar-refractivity contribution in [3.8, 4) is 28.0 Å². The third kappa shape index (κ3) is 5.69. The second-order valence-electron chi connectivity index (χ2n) is 9.37. The molecule has 0 aliphatic carbocycles. The Hall–Kier alpha value is -3.66. The van der Waals surface area contributed by atoms with Crippen LogP contribution in [-0.2, 0) is 6.42 Å². The van der Waals surface area contributed by atoms with Crippen LogP contribution < -0.4 is 15.8 Å². The monoisotopic (exact) mass is 514 g/mol. The largest absolute Gasteiger partial charge is 0.490 e.